The summed E-state index contributed by atoms with van der Waals surface area (Å²) in [5, 5.41) is 37.9. The molecule has 0 amide bonds. The minimum Gasteiger partial charge on any atom is -0.376 e. The second kappa shape index (κ2) is 16.8. The Morgan fingerprint density at radius 1 is 0.197 bits per heavy atom. The molecule has 3 heteroatoms. The second-order valence-corrected chi connectivity index (χ2v) is 15.6. The Bertz CT molecular complexity index is 2340. The molecule has 0 aliphatic heterocycles. The van der Waals surface area contributed by atoms with E-state index in [2.05, 4.69) is 36.4 Å². The lowest BCUT2D eigenvalue weighted by atomic mass is 9.77. The van der Waals surface area contributed by atoms with Gasteiger partial charge in [-0.1, -0.05) is 255 Å². The largest absolute Gasteiger partial charge is 0.376 e. The van der Waals surface area contributed by atoms with Crippen LogP contribution in [0.3, 0.4) is 0 Å². The molecule has 9 aromatic carbocycles. The molecule has 0 saturated heterocycles. The van der Waals surface area contributed by atoms with Gasteiger partial charge in [-0.05, 0) is 66.8 Å². The molecule has 0 saturated carbocycles. The SMILES string of the molecule is OC(c1ccccc1)(c1ccccc1)c1ccc(C(c2ccc(C(O)(c3ccccc3)c3ccccc3)cc2)c2ccc(C(O)(c3ccccc3)c3ccccc3)cc2)cc1. The first-order chi connectivity index (χ1) is 29.9. The summed E-state index contributed by atoms with van der Waals surface area (Å²) < 4.78 is 0. The van der Waals surface area contributed by atoms with Crippen LogP contribution in [0.5, 0.6) is 0 Å². The molecule has 61 heavy (non-hydrogen) atoms. The van der Waals surface area contributed by atoms with Gasteiger partial charge < -0.3 is 15.3 Å². The van der Waals surface area contributed by atoms with Crippen molar-refractivity contribution in [3.05, 3.63) is 322 Å². The van der Waals surface area contributed by atoms with Crippen molar-refractivity contribution in [3.8, 4) is 0 Å². The highest BCUT2D eigenvalue weighted by Crippen LogP contribution is 2.42. The van der Waals surface area contributed by atoms with E-state index in [0.717, 1.165) is 66.8 Å². The van der Waals surface area contributed by atoms with Gasteiger partial charge in [0.25, 0.3) is 0 Å². The average molecular weight is 791 g/mol. The van der Waals surface area contributed by atoms with Crippen molar-refractivity contribution in [2.24, 2.45) is 0 Å². The topological polar surface area (TPSA) is 60.7 Å². The summed E-state index contributed by atoms with van der Waals surface area (Å²) in [5.41, 5.74) is 5.90. The van der Waals surface area contributed by atoms with Crippen molar-refractivity contribution in [2.45, 2.75) is 22.7 Å². The predicted molar refractivity (Wildman–Crippen MR) is 245 cm³/mol. The second-order valence-electron chi connectivity index (χ2n) is 15.6. The van der Waals surface area contributed by atoms with Crippen molar-refractivity contribution in [2.75, 3.05) is 0 Å². The van der Waals surface area contributed by atoms with Crippen molar-refractivity contribution < 1.29 is 15.3 Å². The Labute approximate surface area is 358 Å². The Morgan fingerprint density at radius 2 is 0.344 bits per heavy atom. The highest BCUT2D eigenvalue weighted by molar-refractivity contribution is 5.54. The molecule has 3 N–H and O–H groups in total. The third-order valence-corrected chi connectivity index (χ3v) is 12.1. The maximum atomic E-state index is 12.6. The van der Waals surface area contributed by atoms with Crippen molar-refractivity contribution in [1.82, 2.24) is 0 Å². The monoisotopic (exact) mass is 790 g/mol. The molecule has 0 fully saturated rings. The summed E-state index contributed by atoms with van der Waals surface area (Å²) in [6.45, 7) is 0. The van der Waals surface area contributed by atoms with E-state index < -0.39 is 16.8 Å². The van der Waals surface area contributed by atoms with Crippen LogP contribution in [0.15, 0.2) is 255 Å². The minimum atomic E-state index is -1.38. The number of aliphatic hydroxyl groups is 3. The number of hydrogen-bond donors (Lipinski definition) is 3. The zero-order chi connectivity index (χ0) is 41.7. The molecule has 0 aliphatic carbocycles. The third kappa shape index (κ3) is 7.30. The fourth-order valence-corrected chi connectivity index (χ4v) is 8.90. The van der Waals surface area contributed by atoms with Crippen LogP contribution in [-0.4, -0.2) is 15.3 Å². The third-order valence-electron chi connectivity index (χ3n) is 12.1. The maximum Gasteiger partial charge on any atom is 0.140 e. The molecule has 0 unspecified atom stereocenters. The molecule has 296 valence electrons. The van der Waals surface area contributed by atoms with Crippen LogP contribution in [0.4, 0.5) is 0 Å². The molecule has 9 rings (SSSR count). The first-order valence-corrected chi connectivity index (χ1v) is 20.7. The lowest BCUT2D eigenvalue weighted by molar-refractivity contribution is 0.125. The molecule has 0 aromatic heterocycles. The van der Waals surface area contributed by atoms with Gasteiger partial charge in [0.15, 0.2) is 0 Å². The van der Waals surface area contributed by atoms with Gasteiger partial charge in [-0.3, -0.25) is 0 Å². The average Bonchev–Trinajstić information content (AvgIpc) is 3.35. The van der Waals surface area contributed by atoms with E-state index >= 15 is 0 Å². The summed E-state index contributed by atoms with van der Waals surface area (Å²) in [5.74, 6) is -0.234. The lowest BCUT2D eigenvalue weighted by Crippen LogP contribution is -2.29. The summed E-state index contributed by atoms with van der Waals surface area (Å²) in [7, 11) is 0. The summed E-state index contributed by atoms with van der Waals surface area (Å²) >= 11 is 0. The van der Waals surface area contributed by atoms with Gasteiger partial charge in [0.1, 0.15) is 16.8 Å². The van der Waals surface area contributed by atoms with Gasteiger partial charge >= 0.3 is 0 Å². The number of benzene rings is 9. The predicted octanol–water partition coefficient (Wildman–Crippen LogP) is 11.7. The van der Waals surface area contributed by atoms with Crippen LogP contribution < -0.4 is 0 Å². The molecule has 0 heterocycles. The van der Waals surface area contributed by atoms with E-state index in [0.29, 0.717) is 0 Å². The van der Waals surface area contributed by atoms with E-state index in [9.17, 15) is 15.3 Å². The Kier molecular flexibility index (Phi) is 10.9. The van der Waals surface area contributed by atoms with Crippen molar-refractivity contribution >= 4 is 0 Å². The van der Waals surface area contributed by atoms with Gasteiger partial charge in [-0.2, -0.15) is 0 Å². The van der Waals surface area contributed by atoms with Gasteiger partial charge in [-0.15, -0.1) is 0 Å². The Hall–Kier alpha value is -7.14. The van der Waals surface area contributed by atoms with Crippen LogP contribution >= 0.6 is 0 Å². The normalized spacial score (nSPS) is 12.0. The minimum absolute atomic E-state index is 0.234. The Morgan fingerprint density at radius 3 is 0.508 bits per heavy atom. The smallest absolute Gasteiger partial charge is 0.140 e. The van der Waals surface area contributed by atoms with Crippen LogP contribution in [-0.2, 0) is 16.8 Å². The maximum absolute atomic E-state index is 12.6. The fourth-order valence-electron chi connectivity index (χ4n) is 8.90. The molecule has 0 spiro atoms. The van der Waals surface area contributed by atoms with Gasteiger partial charge in [-0.25, -0.2) is 0 Å². The first-order valence-electron chi connectivity index (χ1n) is 20.7. The molecule has 0 radical (unpaired) electrons. The zero-order valence-corrected chi connectivity index (χ0v) is 33.7. The Balaban J connectivity index is 1.17. The summed E-state index contributed by atoms with van der Waals surface area (Å²) in [4.78, 5) is 0. The van der Waals surface area contributed by atoms with Gasteiger partial charge in [0.05, 0.1) is 0 Å². The molecule has 0 bridgehead atoms. The van der Waals surface area contributed by atoms with Crippen molar-refractivity contribution in [3.63, 3.8) is 0 Å². The van der Waals surface area contributed by atoms with Gasteiger partial charge in [0, 0.05) is 5.92 Å². The van der Waals surface area contributed by atoms with Crippen molar-refractivity contribution in [1.29, 1.82) is 0 Å². The molecular formula is C58H46O3. The number of hydrogen-bond acceptors (Lipinski definition) is 3. The number of rotatable bonds is 12. The van der Waals surface area contributed by atoms with Gasteiger partial charge in [0.2, 0.25) is 0 Å². The van der Waals surface area contributed by atoms with Crippen LogP contribution in [0.1, 0.15) is 72.7 Å². The fraction of sp³-hybridized carbons (Fsp3) is 0.0690. The van der Waals surface area contributed by atoms with E-state index in [-0.39, 0.29) is 5.92 Å². The van der Waals surface area contributed by atoms with Crippen LogP contribution in [0, 0.1) is 0 Å². The highest BCUT2D eigenvalue weighted by Gasteiger charge is 2.37. The lowest BCUT2D eigenvalue weighted by Gasteiger charge is -2.32. The first kappa shape index (κ1) is 39.3. The standard InChI is InChI=1S/C58H46O3/c59-56(46-19-7-1-8-20-46,47-21-9-2-10-22-47)52-37-31-43(32-38-52)55(44-33-39-53(40-34-44)57(60,48-23-11-3-12-24-48)49-25-13-4-14-26-49)45-35-41-54(42-36-45)58(61,50-27-15-5-16-28-50)51-29-17-6-18-30-51/h1-42,55,59-61H. The quantitative estimate of drug-likeness (QED) is 0.108. The molecule has 9 aromatic rings. The van der Waals surface area contributed by atoms with Crippen LogP contribution in [0.25, 0.3) is 0 Å². The van der Waals surface area contributed by atoms with E-state index in [1.807, 2.05) is 218 Å². The van der Waals surface area contributed by atoms with E-state index in [4.69, 9.17) is 0 Å². The molecule has 0 aliphatic rings. The molecule has 3 nitrogen and oxygen atoms in total. The zero-order valence-electron chi connectivity index (χ0n) is 33.7. The highest BCUT2D eigenvalue weighted by atomic mass is 16.3. The summed E-state index contributed by atoms with van der Waals surface area (Å²) in [6.07, 6.45) is 0. The van der Waals surface area contributed by atoms with E-state index in [1.54, 1.807) is 0 Å². The van der Waals surface area contributed by atoms with Crippen LogP contribution in [0.2, 0.25) is 0 Å². The molecular weight excluding hydrogens is 745 g/mol. The van der Waals surface area contributed by atoms with E-state index in [1.165, 1.54) is 0 Å². The summed E-state index contributed by atoms with van der Waals surface area (Å²) in [6, 6.07) is 83.5. The molecule has 0 atom stereocenters.